The average Bonchev–Trinajstić information content (AvgIpc) is 3.14. The van der Waals surface area contributed by atoms with E-state index >= 15 is 0 Å². The molecule has 1 saturated heterocycles. The largest absolute Gasteiger partial charge is 0.496 e. The van der Waals surface area contributed by atoms with Crippen LogP contribution < -0.4 is 15.8 Å². The molecule has 27 heavy (non-hydrogen) atoms. The van der Waals surface area contributed by atoms with Crippen molar-refractivity contribution in [3.05, 3.63) is 28.8 Å². The fourth-order valence-corrected chi connectivity index (χ4v) is 3.45. The fraction of sp³-hybridized carbons (Fsp3) is 0.579. The second-order valence-corrected chi connectivity index (χ2v) is 7.02. The van der Waals surface area contributed by atoms with Crippen LogP contribution >= 0.6 is 24.0 Å². The van der Waals surface area contributed by atoms with Crippen molar-refractivity contribution in [2.24, 2.45) is 5.73 Å². The summed E-state index contributed by atoms with van der Waals surface area (Å²) in [4.78, 5) is 27.3. The third-order valence-electron chi connectivity index (χ3n) is 4.75. The molecule has 6 nitrogen and oxygen atoms in total. The minimum absolute atomic E-state index is 0. The summed E-state index contributed by atoms with van der Waals surface area (Å²) in [5, 5.41) is 3.46. The molecule has 1 aliphatic rings. The molecule has 1 heterocycles. The van der Waals surface area contributed by atoms with Crippen LogP contribution in [0, 0.1) is 0 Å². The number of unbranched alkanes of at least 4 members (excludes halogenated alkanes) is 1. The maximum Gasteiger partial charge on any atom is 0.258 e. The molecule has 8 heteroatoms. The Morgan fingerprint density at radius 3 is 2.81 bits per heavy atom. The van der Waals surface area contributed by atoms with Gasteiger partial charge in [0, 0.05) is 24.2 Å². The topological polar surface area (TPSA) is 84.7 Å². The molecule has 1 aromatic carbocycles. The number of likely N-dealkylation sites (tertiary alicyclic amines) is 1. The van der Waals surface area contributed by atoms with E-state index in [-0.39, 0.29) is 30.3 Å². The number of rotatable bonds is 8. The zero-order valence-electron chi connectivity index (χ0n) is 15.9. The van der Waals surface area contributed by atoms with Crippen LogP contribution in [0.4, 0.5) is 0 Å². The first kappa shape index (κ1) is 23.5. The Morgan fingerprint density at radius 1 is 1.44 bits per heavy atom. The number of hydrogen-bond acceptors (Lipinski definition) is 4. The van der Waals surface area contributed by atoms with Gasteiger partial charge in [0.05, 0.1) is 12.7 Å². The highest BCUT2D eigenvalue weighted by atomic mass is 35.5. The summed E-state index contributed by atoms with van der Waals surface area (Å²) < 4.78 is 5.28. The summed E-state index contributed by atoms with van der Waals surface area (Å²) in [6, 6.07) is 4.38. The molecule has 1 aliphatic heterocycles. The number of nitrogens with zero attached hydrogens (tertiary/aromatic N) is 1. The molecule has 0 radical (unpaired) electrons. The number of benzene rings is 1. The number of nitrogens with two attached hydrogens (primary N) is 1. The Hall–Kier alpha value is -1.50. The van der Waals surface area contributed by atoms with Gasteiger partial charge in [-0.25, -0.2) is 0 Å². The second-order valence-electron chi connectivity index (χ2n) is 6.58. The molecule has 2 amide bonds. The Morgan fingerprint density at radius 2 is 2.19 bits per heavy atom. The predicted octanol–water partition coefficient (Wildman–Crippen LogP) is 3.01. The standard InChI is InChI=1S/C19H28ClN3O3.ClH/c1-3-4-6-14(12-21)22-18(24)16-7-5-10-23(16)19(25)15-11-13(20)8-9-17(15)26-2;/h8-9,11,14,16H,3-7,10,12,21H2,1-2H3,(H,22,24);1H. The molecule has 2 atom stereocenters. The lowest BCUT2D eigenvalue weighted by atomic mass is 10.1. The van der Waals surface area contributed by atoms with Gasteiger partial charge < -0.3 is 20.7 Å². The van der Waals surface area contributed by atoms with Gasteiger partial charge in [0.2, 0.25) is 5.91 Å². The molecule has 0 bridgehead atoms. The Kier molecular flexibility index (Phi) is 9.91. The van der Waals surface area contributed by atoms with Gasteiger partial charge in [0.1, 0.15) is 11.8 Å². The summed E-state index contributed by atoms with van der Waals surface area (Å²) >= 11 is 6.04. The van der Waals surface area contributed by atoms with Crippen LogP contribution in [0.1, 0.15) is 49.4 Å². The maximum atomic E-state index is 13.0. The minimum Gasteiger partial charge on any atom is -0.496 e. The van der Waals surface area contributed by atoms with Gasteiger partial charge in [-0.05, 0) is 37.5 Å². The highest BCUT2D eigenvalue weighted by Crippen LogP contribution is 2.27. The van der Waals surface area contributed by atoms with Crippen LogP contribution in [0.15, 0.2) is 18.2 Å². The van der Waals surface area contributed by atoms with Crippen molar-refractivity contribution in [3.63, 3.8) is 0 Å². The number of halogens is 2. The number of ether oxygens (including phenoxy) is 1. The fourth-order valence-electron chi connectivity index (χ4n) is 3.28. The van der Waals surface area contributed by atoms with Crippen molar-refractivity contribution in [2.45, 2.75) is 51.1 Å². The van der Waals surface area contributed by atoms with Gasteiger partial charge in [0.15, 0.2) is 0 Å². The van der Waals surface area contributed by atoms with Crippen LogP contribution in [-0.2, 0) is 4.79 Å². The van der Waals surface area contributed by atoms with Crippen molar-refractivity contribution < 1.29 is 14.3 Å². The first-order valence-electron chi connectivity index (χ1n) is 9.16. The van der Waals surface area contributed by atoms with Gasteiger partial charge >= 0.3 is 0 Å². The molecule has 3 N–H and O–H groups in total. The normalized spacial score (nSPS) is 17.2. The Balaban J connectivity index is 0.00000364. The monoisotopic (exact) mass is 417 g/mol. The van der Waals surface area contributed by atoms with Gasteiger partial charge in [0.25, 0.3) is 5.91 Å². The number of carbonyl (C=O) groups is 2. The third-order valence-corrected chi connectivity index (χ3v) is 4.98. The first-order chi connectivity index (χ1) is 12.5. The van der Waals surface area contributed by atoms with E-state index in [2.05, 4.69) is 12.2 Å². The lowest BCUT2D eigenvalue weighted by Crippen LogP contribution is -2.50. The van der Waals surface area contributed by atoms with Gasteiger partial charge in [-0.2, -0.15) is 0 Å². The van der Waals surface area contributed by atoms with Gasteiger partial charge in [-0.15, -0.1) is 12.4 Å². The minimum atomic E-state index is -0.484. The molecule has 0 aliphatic carbocycles. The van der Waals surface area contributed by atoms with E-state index in [1.807, 2.05) is 0 Å². The van der Waals surface area contributed by atoms with Crippen LogP contribution in [0.25, 0.3) is 0 Å². The number of methoxy groups -OCH3 is 1. The summed E-state index contributed by atoms with van der Waals surface area (Å²) in [5.41, 5.74) is 6.15. The third kappa shape index (κ3) is 5.99. The summed E-state index contributed by atoms with van der Waals surface area (Å²) in [6.07, 6.45) is 4.34. The van der Waals surface area contributed by atoms with Crippen LogP contribution in [0.3, 0.4) is 0 Å². The zero-order chi connectivity index (χ0) is 19.1. The van der Waals surface area contributed by atoms with E-state index in [0.29, 0.717) is 35.8 Å². The zero-order valence-corrected chi connectivity index (χ0v) is 17.4. The molecule has 1 aromatic rings. The summed E-state index contributed by atoms with van der Waals surface area (Å²) in [6.45, 7) is 3.04. The highest BCUT2D eigenvalue weighted by Gasteiger charge is 2.36. The van der Waals surface area contributed by atoms with E-state index in [9.17, 15) is 9.59 Å². The van der Waals surface area contributed by atoms with E-state index in [0.717, 1.165) is 25.7 Å². The second kappa shape index (κ2) is 11.4. The Bertz CT molecular complexity index is 643. The van der Waals surface area contributed by atoms with Crippen LogP contribution in [0.5, 0.6) is 5.75 Å². The van der Waals surface area contributed by atoms with Gasteiger partial charge in [-0.1, -0.05) is 31.4 Å². The molecule has 0 aromatic heterocycles. The Labute approximate surface area is 172 Å². The van der Waals surface area contributed by atoms with E-state index in [4.69, 9.17) is 22.1 Å². The number of amides is 2. The molecule has 152 valence electrons. The summed E-state index contributed by atoms with van der Waals surface area (Å²) in [5.74, 6) is 0.0801. The van der Waals surface area contributed by atoms with Crippen molar-refractivity contribution in [2.75, 3.05) is 20.2 Å². The molecule has 0 saturated carbocycles. The molecule has 1 fully saturated rings. The molecule has 2 rings (SSSR count). The first-order valence-corrected chi connectivity index (χ1v) is 9.54. The molecular weight excluding hydrogens is 389 g/mol. The predicted molar refractivity (Wildman–Crippen MR) is 110 cm³/mol. The number of hydrogen-bond donors (Lipinski definition) is 2. The molecule has 0 spiro atoms. The highest BCUT2D eigenvalue weighted by molar-refractivity contribution is 6.31. The molecule has 2 unspecified atom stereocenters. The molecular formula is C19H29Cl2N3O3. The summed E-state index contributed by atoms with van der Waals surface area (Å²) in [7, 11) is 1.51. The lowest BCUT2D eigenvalue weighted by Gasteiger charge is -2.27. The van der Waals surface area contributed by atoms with E-state index in [1.54, 1.807) is 23.1 Å². The quantitative estimate of drug-likeness (QED) is 0.680. The van der Waals surface area contributed by atoms with Crippen molar-refractivity contribution >= 4 is 35.8 Å². The van der Waals surface area contributed by atoms with Crippen molar-refractivity contribution in [3.8, 4) is 5.75 Å². The van der Waals surface area contributed by atoms with Gasteiger partial charge in [-0.3, -0.25) is 9.59 Å². The van der Waals surface area contributed by atoms with E-state index in [1.165, 1.54) is 7.11 Å². The van der Waals surface area contributed by atoms with E-state index < -0.39 is 6.04 Å². The van der Waals surface area contributed by atoms with Crippen molar-refractivity contribution in [1.29, 1.82) is 0 Å². The van der Waals surface area contributed by atoms with Crippen molar-refractivity contribution in [1.82, 2.24) is 10.2 Å². The van der Waals surface area contributed by atoms with Crippen LogP contribution in [-0.4, -0.2) is 49.0 Å². The smallest absolute Gasteiger partial charge is 0.258 e. The maximum absolute atomic E-state index is 13.0. The average molecular weight is 418 g/mol. The number of carbonyl (C=O) groups excluding carboxylic acids is 2. The number of nitrogens with one attached hydrogen (secondary N) is 1. The SMILES string of the molecule is CCCCC(CN)NC(=O)C1CCCN1C(=O)c1cc(Cl)ccc1OC.Cl. The lowest BCUT2D eigenvalue weighted by molar-refractivity contribution is -0.125. The van der Waals surface area contributed by atoms with Crippen LogP contribution in [0.2, 0.25) is 5.02 Å².